The molecule has 1 heteroatoms. The molecule has 0 saturated heterocycles. The Bertz CT molecular complexity index is 373. The van der Waals surface area contributed by atoms with Gasteiger partial charge in [0.1, 0.15) is 0 Å². The number of benzene rings is 1. The summed E-state index contributed by atoms with van der Waals surface area (Å²) in [6, 6.07) is 9.62. The van der Waals surface area contributed by atoms with E-state index in [1.807, 2.05) is 0 Å². The van der Waals surface area contributed by atoms with Gasteiger partial charge in [-0.25, -0.2) is 0 Å². The molecule has 106 valence electrons. The lowest BCUT2D eigenvalue weighted by molar-refractivity contribution is 0.302. The van der Waals surface area contributed by atoms with Gasteiger partial charge in [0.25, 0.3) is 0 Å². The molecule has 0 radical (unpaired) electrons. The SMILES string of the molecule is CCCc1ccc(C(C)NCC2(C)CCCC2)cc1. The summed E-state index contributed by atoms with van der Waals surface area (Å²) >= 11 is 0. The van der Waals surface area contributed by atoms with Gasteiger partial charge in [-0.2, -0.15) is 0 Å². The molecule has 0 aliphatic heterocycles. The van der Waals surface area contributed by atoms with Crippen LogP contribution in [0.3, 0.4) is 0 Å². The number of nitrogens with one attached hydrogen (secondary N) is 1. The summed E-state index contributed by atoms with van der Waals surface area (Å²) in [6.07, 6.45) is 8.03. The molecule has 0 aromatic heterocycles. The van der Waals surface area contributed by atoms with Gasteiger partial charge in [0.15, 0.2) is 0 Å². The van der Waals surface area contributed by atoms with Gasteiger partial charge in [0.05, 0.1) is 0 Å². The number of rotatable bonds is 6. The molecule has 2 rings (SSSR count). The van der Waals surface area contributed by atoms with Gasteiger partial charge in [-0.3, -0.25) is 0 Å². The van der Waals surface area contributed by atoms with Gasteiger partial charge < -0.3 is 5.32 Å². The molecule has 1 atom stereocenters. The van der Waals surface area contributed by atoms with Gasteiger partial charge in [0.2, 0.25) is 0 Å². The quantitative estimate of drug-likeness (QED) is 0.768. The average Bonchev–Trinajstić information content (AvgIpc) is 2.85. The van der Waals surface area contributed by atoms with Crippen LogP contribution in [0.25, 0.3) is 0 Å². The molecule has 1 aliphatic rings. The standard InChI is InChI=1S/C18H29N/c1-4-7-16-8-10-17(11-9-16)15(2)19-14-18(3)12-5-6-13-18/h8-11,15,19H,4-7,12-14H2,1-3H3. The van der Waals surface area contributed by atoms with Crippen LogP contribution in [0.15, 0.2) is 24.3 Å². The van der Waals surface area contributed by atoms with E-state index < -0.39 is 0 Å². The highest BCUT2D eigenvalue weighted by Crippen LogP contribution is 2.37. The number of aryl methyl sites for hydroxylation is 1. The molecule has 1 aliphatic carbocycles. The second-order valence-electron chi connectivity index (χ2n) is 6.61. The zero-order valence-corrected chi connectivity index (χ0v) is 12.8. The lowest BCUT2D eigenvalue weighted by atomic mass is 9.88. The van der Waals surface area contributed by atoms with Gasteiger partial charge >= 0.3 is 0 Å². The predicted molar refractivity (Wildman–Crippen MR) is 83.4 cm³/mol. The summed E-state index contributed by atoms with van der Waals surface area (Å²) in [5.74, 6) is 0. The monoisotopic (exact) mass is 259 g/mol. The minimum absolute atomic E-state index is 0.466. The third kappa shape index (κ3) is 4.07. The van der Waals surface area contributed by atoms with Crippen LogP contribution in [-0.4, -0.2) is 6.54 Å². The lowest BCUT2D eigenvalue weighted by Gasteiger charge is -2.26. The molecule has 1 N–H and O–H groups in total. The van der Waals surface area contributed by atoms with Crippen LogP contribution >= 0.6 is 0 Å². The highest BCUT2D eigenvalue weighted by Gasteiger charge is 2.28. The Morgan fingerprint density at radius 1 is 1.16 bits per heavy atom. The van der Waals surface area contributed by atoms with E-state index in [0.29, 0.717) is 11.5 Å². The Labute approximate surface area is 118 Å². The second-order valence-corrected chi connectivity index (χ2v) is 6.61. The molecule has 1 fully saturated rings. The van der Waals surface area contributed by atoms with E-state index in [2.05, 4.69) is 50.4 Å². The van der Waals surface area contributed by atoms with Crippen LogP contribution in [0, 0.1) is 5.41 Å². The zero-order valence-electron chi connectivity index (χ0n) is 12.8. The van der Waals surface area contributed by atoms with Crippen molar-refractivity contribution < 1.29 is 0 Å². The Balaban J connectivity index is 1.86. The van der Waals surface area contributed by atoms with Gasteiger partial charge in [-0.05, 0) is 42.7 Å². The molecular weight excluding hydrogens is 230 g/mol. The molecule has 1 nitrogen and oxygen atoms in total. The van der Waals surface area contributed by atoms with Gasteiger partial charge in [0, 0.05) is 12.6 Å². The summed E-state index contributed by atoms with van der Waals surface area (Å²) in [5, 5.41) is 3.73. The maximum Gasteiger partial charge on any atom is 0.0292 e. The zero-order chi connectivity index (χ0) is 13.7. The van der Waals surface area contributed by atoms with Crippen LogP contribution in [0.2, 0.25) is 0 Å². The third-order valence-electron chi connectivity index (χ3n) is 4.66. The smallest absolute Gasteiger partial charge is 0.0292 e. The van der Waals surface area contributed by atoms with Crippen molar-refractivity contribution in [3.05, 3.63) is 35.4 Å². The molecule has 1 aromatic carbocycles. The fourth-order valence-corrected chi connectivity index (χ4v) is 3.18. The Kier molecular flexibility index (Phi) is 5.04. The number of hydrogen-bond acceptors (Lipinski definition) is 1. The van der Waals surface area contributed by atoms with Crippen molar-refractivity contribution in [2.45, 2.75) is 65.3 Å². The Morgan fingerprint density at radius 3 is 2.37 bits per heavy atom. The van der Waals surface area contributed by atoms with Gasteiger partial charge in [-0.15, -0.1) is 0 Å². The van der Waals surface area contributed by atoms with E-state index in [9.17, 15) is 0 Å². The first kappa shape index (κ1) is 14.6. The van der Waals surface area contributed by atoms with E-state index in [1.165, 1.54) is 49.7 Å². The van der Waals surface area contributed by atoms with E-state index in [0.717, 1.165) is 6.54 Å². The van der Waals surface area contributed by atoms with Gasteiger partial charge in [-0.1, -0.05) is 57.4 Å². The van der Waals surface area contributed by atoms with Crippen molar-refractivity contribution in [2.24, 2.45) is 5.41 Å². The van der Waals surface area contributed by atoms with Crippen molar-refractivity contribution in [2.75, 3.05) is 6.54 Å². The average molecular weight is 259 g/mol. The van der Waals surface area contributed by atoms with Crippen LogP contribution in [0.5, 0.6) is 0 Å². The minimum atomic E-state index is 0.466. The van der Waals surface area contributed by atoms with Crippen molar-refractivity contribution >= 4 is 0 Å². The summed E-state index contributed by atoms with van der Waals surface area (Å²) in [6.45, 7) is 8.11. The Morgan fingerprint density at radius 2 is 1.79 bits per heavy atom. The van der Waals surface area contributed by atoms with E-state index in [-0.39, 0.29) is 0 Å². The van der Waals surface area contributed by atoms with Crippen LogP contribution in [-0.2, 0) is 6.42 Å². The van der Waals surface area contributed by atoms with E-state index in [1.54, 1.807) is 0 Å². The van der Waals surface area contributed by atoms with E-state index in [4.69, 9.17) is 0 Å². The first-order chi connectivity index (χ1) is 9.13. The lowest BCUT2D eigenvalue weighted by Crippen LogP contribution is -2.31. The van der Waals surface area contributed by atoms with Crippen LogP contribution < -0.4 is 5.32 Å². The minimum Gasteiger partial charge on any atom is -0.310 e. The molecule has 0 bridgehead atoms. The first-order valence-corrected chi connectivity index (χ1v) is 7.95. The van der Waals surface area contributed by atoms with E-state index >= 15 is 0 Å². The normalized spacial score (nSPS) is 19.5. The second kappa shape index (κ2) is 6.56. The fourth-order valence-electron chi connectivity index (χ4n) is 3.18. The summed E-state index contributed by atoms with van der Waals surface area (Å²) in [5.41, 5.74) is 3.42. The highest BCUT2D eigenvalue weighted by atomic mass is 14.9. The Hall–Kier alpha value is -0.820. The molecule has 0 amide bonds. The van der Waals surface area contributed by atoms with Crippen molar-refractivity contribution in [3.8, 4) is 0 Å². The number of hydrogen-bond donors (Lipinski definition) is 1. The highest BCUT2D eigenvalue weighted by molar-refractivity contribution is 5.24. The van der Waals surface area contributed by atoms with Crippen molar-refractivity contribution in [1.82, 2.24) is 5.32 Å². The molecular formula is C18H29N. The van der Waals surface area contributed by atoms with Crippen LogP contribution in [0.1, 0.15) is 70.0 Å². The molecule has 1 aromatic rings. The molecule has 19 heavy (non-hydrogen) atoms. The third-order valence-corrected chi connectivity index (χ3v) is 4.66. The predicted octanol–water partition coefficient (Wildman–Crippen LogP) is 4.87. The first-order valence-electron chi connectivity index (χ1n) is 7.95. The molecule has 1 saturated carbocycles. The maximum atomic E-state index is 3.73. The van der Waals surface area contributed by atoms with Crippen molar-refractivity contribution in [3.63, 3.8) is 0 Å². The maximum absolute atomic E-state index is 3.73. The topological polar surface area (TPSA) is 12.0 Å². The molecule has 0 heterocycles. The largest absolute Gasteiger partial charge is 0.310 e. The fraction of sp³-hybridized carbons (Fsp3) is 0.667. The molecule has 0 spiro atoms. The summed E-state index contributed by atoms with van der Waals surface area (Å²) in [7, 11) is 0. The summed E-state index contributed by atoms with van der Waals surface area (Å²) < 4.78 is 0. The van der Waals surface area contributed by atoms with Crippen LogP contribution in [0.4, 0.5) is 0 Å². The van der Waals surface area contributed by atoms with Crippen molar-refractivity contribution in [1.29, 1.82) is 0 Å². The molecule has 1 unspecified atom stereocenters. The summed E-state index contributed by atoms with van der Waals surface area (Å²) in [4.78, 5) is 0.